The van der Waals surface area contributed by atoms with Crippen molar-refractivity contribution in [3.05, 3.63) is 46.2 Å². The van der Waals surface area contributed by atoms with Crippen LogP contribution in [0, 0.1) is 11.7 Å². The van der Waals surface area contributed by atoms with Crippen molar-refractivity contribution in [3.8, 4) is 5.75 Å². The third kappa shape index (κ3) is 2.65. The maximum atomic E-state index is 13.2. The van der Waals surface area contributed by atoms with Crippen molar-refractivity contribution in [2.24, 2.45) is 5.92 Å². The van der Waals surface area contributed by atoms with E-state index in [1.807, 2.05) is 5.38 Å². The number of carbonyl (C=O) groups excluding carboxylic acids is 1. The number of hydrogen-bond donors (Lipinski definition) is 2. The van der Waals surface area contributed by atoms with Gasteiger partial charge in [-0.1, -0.05) is 0 Å². The van der Waals surface area contributed by atoms with Gasteiger partial charge in [0, 0.05) is 11.6 Å². The van der Waals surface area contributed by atoms with E-state index < -0.39 is 11.7 Å². The molecule has 0 saturated heterocycles. The van der Waals surface area contributed by atoms with Crippen LogP contribution in [0.25, 0.3) is 0 Å². The second kappa shape index (κ2) is 5.20. The maximum absolute atomic E-state index is 13.2. The second-order valence-electron chi connectivity index (χ2n) is 4.82. The quantitative estimate of drug-likeness (QED) is 0.911. The van der Waals surface area contributed by atoms with Crippen molar-refractivity contribution in [1.29, 1.82) is 0 Å². The number of benzene rings is 1. The molecule has 2 N–H and O–H groups in total. The lowest BCUT2D eigenvalue weighted by Crippen LogP contribution is -2.30. The Kier molecular flexibility index (Phi) is 3.40. The summed E-state index contributed by atoms with van der Waals surface area (Å²) in [5.74, 6) is -0.877. The molecular weight excluding hydrogens is 279 g/mol. The molecule has 1 aromatic carbocycles. The molecule has 20 heavy (non-hydrogen) atoms. The zero-order valence-corrected chi connectivity index (χ0v) is 11.4. The fraction of sp³-hybridized carbons (Fsp3) is 0.286. The lowest BCUT2D eigenvalue weighted by molar-refractivity contribution is 0.0928. The highest BCUT2D eigenvalue weighted by Gasteiger charge is 2.35. The molecule has 0 aliphatic heterocycles. The number of rotatable bonds is 4. The van der Waals surface area contributed by atoms with E-state index in [-0.39, 0.29) is 17.4 Å². The average Bonchev–Trinajstić information content (AvgIpc) is 3.13. The first kappa shape index (κ1) is 13.1. The van der Waals surface area contributed by atoms with Gasteiger partial charge >= 0.3 is 0 Å². The van der Waals surface area contributed by atoms with Gasteiger partial charge in [0.25, 0.3) is 5.91 Å². The molecule has 1 heterocycles. The Morgan fingerprint density at radius 1 is 1.50 bits per heavy atom. The molecule has 0 spiro atoms. The van der Waals surface area contributed by atoms with E-state index in [9.17, 15) is 14.3 Å². The molecule has 1 fully saturated rings. The van der Waals surface area contributed by atoms with Gasteiger partial charge in [-0.3, -0.25) is 4.79 Å². The topological polar surface area (TPSA) is 62.2 Å². The van der Waals surface area contributed by atoms with Crippen LogP contribution in [0.1, 0.15) is 34.2 Å². The molecule has 1 aromatic heterocycles. The van der Waals surface area contributed by atoms with E-state index in [4.69, 9.17) is 0 Å². The van der Waals surface area contributed by atoms with Crippen LogP contribution < -0.4 is 5.32 Å². The van der Waals surface area contributed by atoms with Crippen LogP contribution in [-0.4, -0.2) is 16.0 Å². The van der Waals surface area contributed by atoms with Crippen LogP contribution in [0.3, 0.4) is 0 Å². The largest absolute Gasteiger partial charge is 0.507 e. The zero-order chi connectivity index (χ0) is 14.1. The summed E-state index contributed by atoms with van der Waals surface area (Å²) in [6.07, 6.45) is 3.78. The number of aromatic nitrogens is 1. The van der Waals surface area contributed by atoms with Crippen LogP contribution in [0.5, 0.6) is 5.75 Å². The van der Waals surface area contributed by atoms with Crippen molar-refractivity contribution in [3.63, 3.8) is 0 Å². The molecule has 0 bridgehead atoms. The van der Waals surface area contributed by atoms with Crippen LogP contribution in [-0.2, 0) is 0 Å². The predicted octanol–water partition coefficient (Wildman–Crippen LogP) is 2.87. The molecule has 1 unspecified atom stereocenters. The number of phenols is 1. The Bertz CT molecular complexity index is 626. The summed E-state index contributed by atoms with van der Waals surface area (Å²) < 4.78 is 13.2. The Hall–Kier alpha value is -1.95. The van der Waals surface area contributed by atoms with Gasteiger partial charge < -0.3 is 10.4 Å². The second-order valence-corrected chi connectivity index (χ2v) is 5.75. The van der Waals surface area contributed by atoms with Gasteiger partial charge in [0.1, 0.15) is 16.6 Å². The minimum Gasteiger partial charge on any atom is -0.507 e. The lowest BCUT2D eigenvalue weighted by Gasteiger charge is -2.16. The van der Waals surface area contributed by atoms with Gasteiger partial charge in [-0.15, -0.1) is 11.3 Å². The molecule has 1 saturated carbocycles. The Morgan fingerprint density at radius 2 is 2.30 bits per heavy atom. The highest BCUT2D eigenvalue weighted by molar-refractivity contribution is 7.09. The minimum absolute atomic E-state index is 0.0489. The molecule has 1 aliphatic carbocycles. The number of thiazole rings is 1. The molecule has 6 heteroatoms. The van der Waals surface area contributed by atoms with E-state index in [0.29, 0.717) is 5.92 Å². The first-order chi connectivity index (χ1) is 9.65. The summed E-state index contributed by atoms with van der Waals surface area (Å²) >= 11 is 1.48. The van der Waals surface area contributed by atoms with E-state index in [1.165, 1.54) is 17.4 Å². The number of carbonyl (C=O) groups is 1. The van der Waals surface area contributed by atoms with E-state index in [0.717, 1.165) is 30.0 Å². The maximum Gasteiger partial charge on any atom is 0.255 e. The Morgan fingerprint density at radius 3 is 2.95 bits per heavy atom. The standard InChI is InChI=1S/C14H13FN2O2S/c15-9-3-4-11(18)10(7-9)13(19)17-12(8-1-2-8)14-16-5-6-20-14/h3-8,12,18H,1-2H2,(H,17,19). The molecule has 0 radical (unpaired) electrons. The van der Waals surface area contributed by atoms with Gasteiger partial charge in [0.2, 0.25) is 0 Å². The average molecular weight is 292 g/mol. The third-order valence-electron chi connectivity index (χ3n) is 3.30. The summed E-state index contributed by atoms with van der Waals surface area (Å²) in [5, 5.41) is 15.2. The molecule has 4 nitrogen and oxygen atoms in total. The third-order valence-corrected chi connectivity index (χ3v) is 4.16. The summed E-state index contributed by atoms with van der Waals surface area (Å²) in [6, 6.07) is 3.17. The lowest BCUT2D eigenvalue weighted by atomic mass is 10.1. The van der Waals surface area contributed by atoms with Crippen LogP contribution in [0.4, 0.5) is 4.39 Å². The number of phenolic OH excluding ortho intramolecular Hbond substituents is 1. The summed E-state index contributed by atoms with van der Waals surface area (Å²) in [4.78, 5) is 16.4. The smallest absolute Gasteiger partial charge is 0.255 e. The summed E-state index contributed by atoms with van der Waals surface area (Å²) in [7, 11) is 0. The highest BCUT2D eigenvalue weighted by Crippen LogP contribution is 2.41. The van der Waals surface area contributed by atoms with Gasteiger partial charge in [-0.05, 0) is 37.0 Å². The van der Waals surface area contributed by atoms with Crippen molar-refractivity contribution in [2.45, 2.75) is 18.9 Å². The van der Waals surface area contributed by atoms with E-state index in [2.05, 4.69) is 10.3 Å². The summed E-state index contributed by atoms with van der Waals surface area (Å²) in [6.45, 7) is 0. The zero-order valence-electron chi connectivity index (χ0n) is 10.5. The fourth-order valence-corrected chi connectivity index (χ4v) is 2.89. The number of amides is 1. The summed E-state index contributed by atoms with van der Waals surface area (Å²) in [5.41, 5.74) is -0.0489. The van der Waals surface area contributed by atoms with Crippen molar-refractivity contribution in [1.82, 2.24) is 10.3 Å². The minimum atomic E-state index is -0.551. The van der Waals surface area contributed by atoms with Crippen molar-refractivity contribution >= 4 is 17.2 Å². The fourth-order valence-electron chi connectivity index (χ4n) is 2.11. The normalized spacial score (nSPS) is 15.8. The van der Waals surface area contributed by atoms with Gasteiger partial charge in [0.15, 0.2) is 0 Å². The molecule has 2 aromatic rings. The molecule has 1 aliphatic rings. The highest BCUT2D eigenvalue weighted by atomic mass is 32.1. The van der Waals surface area contributed by atoms with Crippen LogP contribution in [0.15, 0.2) is 29.8 Å². The molecule has 1 amide bonds. The number of nitrogens with one attached hydrogen (secondary N) is 1. The number of nitrogens with zero attached hydrogens (tertiary/aromatic N) is 1. The van der Waals surface area contributed by atoms with E-state index >= 15 is 0 Å². The Labute approximate surface area is 119 Å². The van der Waals surface area contributed by atoms with Gasteiger partial charge in [-0.25, -0.2) is 9.37 Å². The number of halogens is 1. The van der Waals surface area contributed by atoms with Crippen LogP contribution in [0.2, 0.25) is 0 Å². The van der Waals surface area contributed by atoms with Crippen LogP contribution >= 0.6 is 11.3 Å². The first-order valence-corrected chi connectivity index (χ1v) is 7.22. The SMILES string of the molecule is O=C(NC(c1nccs1)C1CC1)c1cc(F)ccc1O. The molecule has 104 valence electrons. The number of hydrogen-bond acceptors (Lipinski definition) is 4. The van der Waals surface area contributed by atoms with Gasteiger partial charge in [0.05, 0.1) is 11.6 Å². The molecular formula is C14H13FN2O2S. The van der Waals surface area contributed by atoms with Gasteiger partial charge in [-0.2, -0.15) is 0 Å². The molecule has 1 atom stereocenters. The predicted molar refractivity (Wildman–Crippen MR) is 73.1 cm³/mol. The Balaban J connectivity index is 1.82. The van der Waals surface area contributed by atoms with Crippen molar-refractivity contribution in [2.75, 3.05) is 0 Å². The monoisotopic (exact) mass is 292 g/mol. The first-order valence-electron chi connectivity index (χ1n) is 6.34. The molecule has 3 rings (SSSR count). The van der Waals surface area contributed by atoms with E-state index in [1.54, 1.807) is 6.20 Å². The van der Waals surface area contributed by atoms with Crippen molar-refractivity contribution < 1.29 is 14.3 Å². The number of aromatic hydroxyl groups is 1.